The van der Waals surface area contributed by atoms with Crippen molar-refractivity contribution in [3.05, 3.63) is 59.7 Å². The molecule has 0 unspecified atom stereocenters. The Morgan fingerprint density at radius 2 is 1.70 bits per heavy atom. The third-order valence-corrected chi connectivity index (χ3v) is 4.77. The van der Waals surface area contributed by atoms with Crippen molar-refractivity contribution in [1.29, 1.82) is 0 Å². The van der Waals surface area contributed by atoms with E-state index < -0.39 is 6.04 Å². The second-order valence-electron chi connectivity index (χ2n) is 6.40. The van der Waals surface area contributed by atoms with Gasteiger partial charge in [-0.25, -0.2) is 0 Å². The van der Waals surface area contributed by atoms with E-state index in [0.717, 1.165) is 12.0 Å². The highest BCUT2D eigenvalue weighted by Crippen LogP contribution is 2.32. The van der Waals surface area contributed by atoms with Gasteiger partial charge in [0.05, 0.1) is 14.2 Å². The van der Waals surface area contributed by atoms with Gasteiger partial charge in [-0.2, -0.15) is 0 Å². The number of rotatable bonds is 6. The molecule has 2 aromatic rings. The second kappa shape index (κ2) is 8.58. The third-order valence-electron chi connectivity index (χ3n) is 4.77. The maximum atomic E-state index is 13.2. The first-order valence-corrected chi connectivity index (χ1v) is 8.99. The molecule has 0 aliphatic carbocycles. The van der Waals surface area contributed by atoms with Crippen molar-refractivity contribution in [1.82, 2.24) is 10.2 Å². The molecule has 2 amide bonds. The Morgan fingerprint density at radius 3 is 2.33 bits per heavy atom. The van der Waals surface area contributed by atoms with Gasteiger partial charge in [0.25, 0.3) is 5.91 Å². The van der Waals surface area contributed by atoms with Gasteiger partial charge in [-0.05, 0) is 30.5 Å². The van der Waals surface area contributed by atoms with Crippen molar-refractivity contribution >= 4 is 11.8 Å². The number of carbonyl (C=O) groups is 2. The van der Waals surface area contributed by atoms with Crippen molar-refractivity contribution in [3.63, 3.8) is 0 Å². The van der Waals surface area contributed by atoms with Crippen molar-refractivity contribution in [2.45, 2.75) is 25.4 Å². The maximum absolute atomic E-state index is 13.2. The summed E-state index contributed by atoms with van der Waals surface area (Å²) in [5, 5.41) is 2.94. The lowest BCUT2D eigenvalue weighted by Gasteiger charge is -2.25. The number of amides is 2. The molecule has 0 aromatic heterocycles. The SMILES string of the molecule is COc1cccc(OC)c1C(=O)N1CCC[C@H]1C(=O)NCc1ccccc1. The summed E-state index contributed by atoms with van der Waals surface area (Å²) >= 11 is 0. The first kappa shape index (κ1) is 18.8. The van der Waals surface area contributed by atoms with Crippen molar-refractivity contribution in [2.75, 3.05) is 20.8 Å². The molecule has 27 heavy (non-hydrogen) atoms. The van der Waals surface area contributed by atoms with Crippen molar-refractivity contribution < 1.29 is 19.1 Å². The summed E-state index contributed by atoms with van der Waals surface area (Å²) in [5.41, 5.74) is 1.37. The molecule has 0 spiro atoms. The predicted molar refractivity (Wildman–Crippen MR) is 102 cm³/mol. The summed E-state index contributed by atoms with van der Waals surface area (Å²) in [7, 11) is 3.03. The van der Waals surface area contributed by atoms with Crippen LogP contribution in [0.3, 0.4) is 0 Å². The zero-order valence-electron chi connectivity index (χ0n) is 15.6. The van der Waals surface area contributed by atoms with E-state index >= 15 is 0 Å². The van der Waals surface area contributed by atoms with E-state index in [4.69, 9.17) is 9.47 Å². The van der Waals surface area contributed by atoms with E-state index in [1.165, 1.54) is 14.2 Å². The molecule has 0 saturated carbocycles. The van der Waals surface area contributed by atoms with Crippen LogP contribution < -0.4 is 14.8 Å². The Morgan fingerprint density at radius 1 is 1.04 bits per heavy atom. The summed E-state index contributed by atoms with van der Waals surface area (Å²) in [6.45, 7) is 0.972. The summed E-state index contributed by atoms with van der Waals surface area (Å²) in [6.07, 6.45) is 1.43. The minimum absolute atomic E-state index is 0.140. The van der Waals surface area contributed by atoms with E-state index in [1.807, 2.05) is 30.3 Å². The van der Waals surface area contributed by atoms with Gasteiger partial charge in [-0.1, -0.05) is 36.4 Å². The quantitative estimate of drug-likeness (QED) is 0.851. The van der Waals surface area contributed by atoms with E-state index in [1.54, 1.807) is 23.1 Å². The van der Waals surface area contributed by atoms with Crippen LogP contribution >= 0.6 is 0 Å². The number of ether oxygens (including phenoxy) is 2. The first-order valence-electron chi connectivity index (χ1n) is 8.99. The van der Waals surface area contributed by atoms with E-state index in [-0.39, 0.29) is 11.8 Å². The summed E-state index contributed by atoms with van der Waals surface area (Å²) < 4.78 is 10.7. The Labute approximate surface area is 159 Å². The molecule has 1 aliphatic rings. The van der Waals surface area contributed by atoms with Crippen molar-refractivity contribution in [2.24, 2.45) is 0 Å². The zero-order valence-corrected chi connectivity index (χ0v) is 15.6. The van der Waals surface area contributed by atoms with Crippen LogP contribution in [-0.4, -0.2) is 43.5 Å². The summed E-state index contributed by atoms with van der Waals surface area (Å²) in [5.74, 6) is 0.490. The van der Waals surface area contributed by atoms with Crippen LogP contribution in [-0.2, 0) is 11.3 Å². The van der Waals surface area contributed by atoms with E-state index in [9.17, 15) is 9.59 Å². The lowest BCUT2D eigenvalue weighted by Crippen LogP contribution is -2.45. The first-order chi connectivity index (χ1) is 13.2. The standard InChI is InChI=1S/C21H24N2O4/c1-26-17-11-6-12-18(27-2)19(17)21(25)23-13-7-10-16(23)20(24)22-14-15-8-4-3-5-9-15/h3-6,8-9,11-12,16H,7,10,13-14H2,1-2H3,(H,22,24)/t16-/m0/s1. The van der Waals surface area contributed by atoms with Gasteiger partial charge >= 0.3 is 0 Å². The number of methoxy groups -OCH3 is 2. The molecule has 2 aromatic carbocycles. The summed E-state index contributed by atoms with van der Waals surface area (Å²) in [4.78, 5) is 27.5. The largest absolute Gasteiger partial charge is 0.496 e. The molecule has 1 atom stereocenters. The fourth-order valence-corrected chi connectivity index (χ4v) is 3.39. The molecule has 6 nitrogen and oxygen atoms in total. The Hall–Kier alpha value is -3.02. The van der Waals surface area contributed by atoms with Gasteiger partial charge in [0.1, 0.15) is 23.1 Å². The van der Waals surface area contributed by atoms with Crippen LogP contribution in [0.15, 0.2) is 48.5 Å². The molecule has 1 aliphatic heterocycles. The predicted octanol–water partition coefficient (Wildman–Crippen LogP) is 2.62. The lowest BCUT2D eigenvalue weighted by atomic mass is 10.1. The molecule has 1 saturated heterocycles. The number of carbonyl (C=O) groups excluding carboxylic acids is 2. The zero-order chi connectivity index (χ0) is 19.2. The highest BCUT2D eigenvalue weighted by Gasteiger charge is 2.36. The molecule has 1 heterocycles. The van der Waals surface area contributed by atoms with Gasteiger partial charge in [-0.15, -0.1) is 0 Å². The van der Waals surface area contributed by atoms with Crippen LogP contribution in [0.25, 0.3) is 0 Å². The molecule has 6 heteroatoms. The molecular formula is C21H24N2O4. The molecular weight excluding hydrogens is 344 g/mol. The highest BCUT2D eigenvalue weighted by atomic mass is 16.5. The van der Waals surface area contributed by atoms with Gasteiger partial charge < -0.3 is 19.7 Å². The van der Waals surface area contributed by atoms with Crippen LogP contribution in [0.2, 0.25) is 0 Å². The minimum atomic E-state index is -0.490. The van der Waals surface area contributed by atoms with Crippen molar-refractivity contribution in [3.8, 4) is 11.5 Å². The monoisotopic (exact) mass is 368 g/mol. The Kier molecular flexibility index (Phi) is 5.96. The van der Waals surface area contributed by atoms with E-state index in [0.29, 0.717) is 36.6 Å². The number of nitrogens with zero attached hydrogens (tertiary/aromatic N) is 1. The number of benzene rings is 2. The second-order valence-corrected chi connectivity index (χ2v) is 6.40. The molecule has 1 fully saturated rings. The molecule has 0 radical (unpaired) electrons. The van der Waals surface area contributed by atoms with Gasteiger partial charge in [0, 0.05) is 13.1 Å². The number of hydrogen-bond donors (Lipinski definition) is 1. The van der Waals surface area contributed by atoms with Crippen LogP contribution in [0, 0.1) is 0 Å². The van der Waals surface area contributed by atoms with Gasteiger partial charge in [0.15, 0.2) is 0 Å². The lowest BCUT2D eigenvalue weighted by molar-refractivity contribution is -0.125. The number of hydrogen-bond acceptors (Lipinski definition) is 4. The van der Waals surface area contributed by atoms with E-state index in [2.05, 4.69) is 5.32 Å². The topological polar surface area (TPSA) is 67.9 Å². The minimum Gasteiger partial charge on any atom is -0.496 e. The Bertz CT molecular complexity index is 785. The van der Waals surface area contributed by atoms with Crippen LogP contribution in [0.5, 0.6) is 11.5 Å². The molecule has 142 valence electrons. The normalized spacial score (nSPS) is 16.1. The maximum Gasteiger partial charge on any atom is 0.262 e. The number of nitrogens with one attached hydrogen (secondary N) is 1. The molecule has 1 N–H and O–H groups in total. The smallest absolute Gasteiger partial charge is 0.262 e. The van der Waals surface area contributed by atoms with Gasteiger partial charge in [-0.3, -0.25) is 9.59 Å². The van der Waals surface area contributed by atoms with Crippen LogP contribution in [0.4, 0.5) is 0 Å². The fraction of sp³-hybridized carbons (Fsp3) is 0.333. The number of likely N-dealkylation sites (tertiary alicyclic amines) is 1. The summed E-state index contributed by atoms with van der Waals surface area (Å²) in [6, 6.07) is 14.4. The highest BCUT2D eigenvalue weighted by molar-refractivity contribution is 6.02. The molecule has 0 bridgehead atoms. The Balaban J connectivity index is 1.76. The average Bonchev–Trinajstić information content (AvgIpc) is 3.21. The van der Waals surface area contributed by atoms with Crippen LogP contribution in [0.1, 0.15) is 28.8 Å². The molecule has 3 rings (SSSR count). The third kappa shape index (κ3) is 4.05. The fourth-order valence-electron chi connectivity index (χ4n) is 3.39. The van der Waals surface area contributed by atoms with Gasteiger partial charge in [0.2, 0.25) is 5.91 Å². The average molecular weight is 368 g/mol.